The van der Waals surface area contributed by atoms with Gasteiger partial charge in [-0.25, -0.2) is 0 Å². The Hall–Kier alpha value is -1.65. The molecule has 2 N–H and O–H groups in total. The Kier molecular flexibility index (Phi) is 5.77. The third-order valence-electron chi connectivity index (χ3n) is 3.10. The number of rotatable bonds is 7. The van der Waals surface area contributed by atoms with Crippen LogP contribution in [0.3, 0.4) is 0 Å². The van der Waals surface area contributed by atoms with Gasteiger partial charge in [0.05, 0.1) is 6.04 Å². The highest BCUT2D eigenvalue weighted by Crippen LogP contribution is 2.25. The van der Waals surface area contributed by atoms with Gasteiger partial charge in [-0.2, -0.15) is 0 Å². The first-order valence-corrected chi connectivity index (χ1v) is 7.71. The Bertz CT molecular complexity index is 511. The summed E-state index contributed by atoms with van der Waals surface area (Å²) in [5.41, 5.74) is 1.12. The van der Waals surface area contributed by atoms with Crippen LogP contribution in [0.15, 0.2) is 47.8 Å². The third kappa shape index (κ3) is 4.18. The van der Waals surface area contributed by atoms with E-state index in [2.05, 4.69) is 28.8 Å². The molecule has 0 saturated carbocycles. The minimum absolute atomic E-state index is 0.0433. The van der Waals surface area contributed by atoms with Crippen LogP contribution in [0.4, 0.5) is 0 Å². The Morgan fingerprint density at radius 2 is 2.00 bits per heavy atom. The summed E-state index contributed by atoms with van der Waals surface area (Å²) in [6, 6.07) is 14.1. The average molecular weight is 288 g/mol. The number of hydrogen-bond donors (Lipinski definition) is 2. The molecule has 0 radical (unpaired) electrons. The van der Waals surface area contributed by atoms with Crippen molar-refractivity contribution in [2.45, 2.75) is 18.9 Å². The molecule has 106 valence electrons. The lowest BCUT2D eigenvalue weighted by atomic mass is 10.1. The van der Waals surface area contributed by atoms with E-state index in [1.54, 1.807) is 11.3 Å². The van der Waals surface area contributed by atoms with Crippen LogP contribution in [0.2, 0.25) is 0 Å². The number of carbonyl (C=O) groups excluding carboxylic acids is 1. The maximum Gasteiger partial charge on any atom is 0.220 e. The van der Waals surface area contributed by atoms with Crippen LogP contribution in [0.1, 0.15) is 29.3 Å². The summed E-state index contributed by atoms with van der Waals surface area (Å²) in [6.45, 7) is 0.864. The van der Waals surface area contributed by atoms with Crippen LogP contribution in [-0.2, 0) is 4.79 Å². The minimum atomic E-state index is -0.0433. The first-order valence-electron chi connectivity index (χ1n) is 6.83. The van der Waals surface area contributed by atoms with Crippen molar-refractivity contribution in [3.8, 4) is 0 Å². The summed E-state index contributed by atoms with van der Waals surface area (Å²) in [5, 5.41) is 8.24. The third-order valence-corrected chi connectivity index (χ3v) is 4.03. The van der Waals surface area contributed by atoms with E-state index >= 15 is 0 Å². The van der Waals surface area contributed by atoms with Crippen LogP contribution in [-0.4, -0.2) is 19.5 Å². The molecule has 1 unspecified atom stereocenters. The summed E-state index contributed by atoms with van der Waals surface area (Å²) >= 11 is 1.67. The summed E-state index contributed by atoms with van der Waals surface area (Å²) in [6.07, 6.45) is 1.41. The van der Waals surface area contributed by atoms with Gasteiger partial charge in [-0.15, -0.1) is 11.3 Å². The van der Waals surface area contributed by atoms with Crippen molar-refractivity contribution in [1.82, 2.24) is 10.6 Å². The largest absolute Gasteiger partial charge is 0.344 e. The Morgan fingerprint density at radius 1 is 1.20 bits per heavy atom. The second-order valence-corrected chi connectivity index (χ2v) is 5.61. The fourth-order valence-electron chi connectivity index (χ4n) is 2.08. The molecule has 0 aliphatic carbocycles. The van der Waals surface area contributed by atoms with Crippen molar-refractivity contribution >= 4 is 17.2 Å². The van der Waals surface area contributed by atoms with Crippen molar-refractivity contribution in [3.63, 3.8) is 0 Å². The highest BCUT2D eigenvalue weighted by Gasteiger charge is 2.17. The van der Waals surface area contributed by atoms with E-state index in [4.69, 9.17) is 0 Å². The molecule has 4 heteroatoms. The minimum Gasteiger partial charge on any atom is -0.344 e. The fourth-order valence-corrected chi connectivity index (χ4v) is 2.88. The van der Waals surface area contributed by atoms with E-state index in [9.17, 15) is 4.79 Å². The highest BCUT2D eigenvalue weighted by atomic mass is 32.1. The smallest absolute Gasteiger partial charge is 0.220 e. The maximum atomic E-state index is 12.1. The summed E-state index contributed by atoms with van der Waals surface area (Å²) in [7, 11) is 1.90. The van der Waals surface area contributed by atoms with Gasteiger partial charge >= 0.3 is 0 Å². The molecule has 1 aromatic carbocycles. The van der Waals surface area contributed by atoms with Gasteiger partial charge < -0.3 is 10.6 Å². The normalized spacial score (nSPS) is 12.1. The van der Waals surface area contributed by atoms with Gasteiger partial charge in [0, 0.05) is 11.3 Å². The summed E-state index contributed by atoms with van der Waals surface area (Å²) < 4.78 is 0. The quantitative estimate of drug-likeness (QED) is 0.769. The molecule has 2 rings (SSSR count). The number of amides is 1. The molecule has 20 heavy (non-hydrogen) atoms. The van der Waals surface area contributed by atoms with Gasteiger partial charge in [-0.1, -0.05) is 36.4 Å². The Morgan fingerprint density at radius 3 is 2.65 bits per heavy atom. The van der Waals surface area contributed by atoms with E-state index in [-0.39, 0.29) is 11.9 Å². The number of hydrogen-bond acceptors (Lipinski definition) is 3. The van der Waals surface area contributed by atoms with Crippen LogP contribution in [0.5, 0.6) is 0 Å². The van der Waals surface area contributed by atoms with Gasteiger partial charge in [0.15, 0.2) is 0 Å². The molecule has 1 amide bonds. The topological polar surface area (TPSA) is 41.1 Å². The lowest BCUT2D eigenvalue weighted by Gasteiger charge is -2.18. The van der Waals surface area contributed by atoms with E-state index in [1.165, 1.54) is 0 Å². The van der Waals surface area contributed by atoms with Crippen molar-refractivity contribution in [3.05, 3.63) is 58.3 Å². The predicted molar refractivity (Wildman–Crippen MR) is 83.9 cm³/mol. The first kappa shape index (κ1) is 14.8. The monoisotopic (exact) mass is 288 g/mol. The molecule has 1 atom stereocenters. The van der Waals surface area contributed by atoms with Gasteiger partial charge in [-0.3, -0.25) is 4.79 Å². The second kappa shape index (κ2) is 7.82. The molecule has 0 spiro atoms. The van der Waals surface area contributed by atoms with Crippen molar-refractivity contribution < 1.29 is 4.79 Å². The zero-order valence-corrected chi connectivity index (χ0v) is 12.5. The Balaban J connectivity index is 2.06. The van der Waals surface area contributed by atoms with Crippen LogP contribution >= 0.6 is 11.3 Å². The van der Waals surface area contributed by atoms with Crippen LogP contribution in [0, 0.1) is 0 Å². The first-order chi connectivity index (χ1) is 9.81. The van der Waals surface area contributed by atoms with E-state index in [0.29, 0.717) is 6.42 Å². The van der Waals surface area contributed by atoms with E-state index < -0.39 is 0 Å². The van der Waals surface area contributed by atoms with Crippen molar-refractivity contribution in [2.75, 3.05) is 13.6 Å². The number of nitrogens with one attached hydrogen (secondary N) is 2. The SMILES string of the molecule is CNCCCC(=O)NC(c1ccccc1)c1cccs1. The van der Waals surface area contributed by atoms with Crippen LogP contribution < -0.4 is 10.6 Å². The molecule has 1 aromatic heterocycles. The zero-order chi connectivity index (χ0) is 14.2. The molecular weight excluding hydrogens is 268 g/mol. The maximum absolute atomic E-state index is 12.1. The number of carbonyl (C=O) groups is 1. The lowest BCUT2D eigenvalue weighted by Crippen LogP contribution is -2.29. The summed E-state index contributed by atoms with van der Waals surface area (Å²) in [5.74, 6) is 0.0995. The fraction of sp³-hybridized carbons (Fsp3) is 0.312. The van der Waals surface area contributed by atoms with Crippen molar-refractivity contribution in [2.24, 2.45) is 0 Å². The van der Waals surface area contributed by atoms with Crippen LogP contribution in [0.25, 0.3) is 0 Å². The molecular formula is C16H20N2OS. The molecule has 3 nitrogen and oxygen atoms in total. The summed E-state index contributed by atoms with van der Waals surface area (Å²) in [4.78, 5) is 13.2. The number of thiophene rings is 1. The molecule has 0 aliphatic heterocycles. The van der Waals surface area contributed by atoms with Gasteiger partial charge in [0.1, 0.15) is 0 Å². The van der Waals surface area contributed by atoms with Gasteiger partial charge in [0.25, 0.3) is 0 Å². The van der Waals surface area contributed by atoms with Gasteiger partial charge in [-0.05, 0) is 37.0 Å². The average Bonchev–Trinajstić information content (AvgIpc) is 3.00. The van der Waals surface area contributed by atoms with Crippen molar-refractivity contribution in [1.29, 1.82) is 0 Å². The molecule has 0 fully saturated rings. The van der Waals surface area contributed by atoms with E-state index in [0.717, 1.165) is 23.4 Å². The molecule has 0 saturated heterocycles. The second-order valence-electron chi connectivity index (χ2n) is 4.63. The van der Waals surface area contributed by atoms with E-state index in [1.807, 2.05) is 36.7 Å². The van der Waals surface area contributed by atoms with Gasteiger partial charge in [0.2, 0.25) is 5.91 Å². The predicted octanol–water partition coefficient (Wildman–Crippen LogP) is 2.95. The highest BCUT2D eigenvalue weighted by molar-refractivity contribution is 7.10. The molecule has 2 aromatic rings. The lowest BCUT2D eigenvalue weighted by molar-refractivity contribution is -0.121. The molecule has 0 aliphatic rings. The number of benzene rings is 1. The molecule has 0 bridgehead atoms. The standard InChI is InChI=1S/C16H20N2OS/c1-17-11-5-10-15(19)18-16(14-9-6-12-20-14)13-7-3-2-4-8-13/h2-4,6-9,12,16-17H,5,10-11H2,1H3,(H,18,19). The molecule has 1 heterocycles. The Labute approximate surface area is 124 Å². The zero-order valence-electron chi connectivity index (χ0n) is 11.6.